The van der Waals surface area contributed by atoms with Gasteiger partial charge in [-0.25, -0.2) is 4.98 Å². The Kier molecular flexibility index (Phi) is 4.52. The Balaban J connectivity index is 1.23. The number of hydrogen-bond donors (Lipinski definition) is 0. The number of imidazole rings is 1. The molecule has 3 aliphatic rings. The normalized spacial score (nSPS) is 25.0. The number of carbonyl (C=O) groups excluding carboxylic acids is 2. The molecule has 0 spiro atoms. The average molecular weight is 344 g/mol. The van der Waals surface area contributed by atoms with Crippen LogP contribution in [0.2, 0.25) is 0 Å². The van der Waals surface area contributed by atoms with E-state index in [1.807, 2.05) is 29.1 Å². The van der Waals surface area contributed by atoms with Crippen LogP contribution in [-0.2, 0) is 16.1 Å². The van der Waals surface area contributed by atoms with Gasteiger partial charge in [0.05, 0.1) is 5.92 Å². The highest BCUT2D eigenvalue weighted by atomic mass is 16.2. The van der Waals surface area contributed by atoms with Gasteiger partial charge in [-0.15, -0.1) is 0 Å². The molecule has 2 saturated heterocycles. The lowest BCUT2D eigenvalue weighted by molar-refractivity contribution is -0.137. The van der Waals surface area contributed by atoms with E-state index in [-0.39, 0.29) is 17.7 Å². The van der Waals surface area contributed by atoms with Crippen molar-refractivity contribution in [2.45, 2.75) is 58.0 Å². The van der Waals surface area contributed by atoms with Gasteiger partial charge in [0.2, 0.25) is 11.8 Å². The molecule has 2 aliphatic heterocycles. The van der Waals surface area contributed by atoms with Gasteiger partial charge in [-0.3, -0.25) is 9.59 Å². The van der Waals surface area contributed by atoms with E-state index < -0.39 is 0 Å². The van der Waals surface area contributed by atoms with Crippen LogP contribution in [0.15, 0.2) is 12.4 Å². The van der Waals surface area contributed by atoms with Crippen LogP contribution in [0.4, 0.5) is 0 Å². The zero-order valence-corrected chi connectivity index (χ0v) is 15.1. The molecule has 1 aromatic heterocycles. The monoisotopic (exact) mass is 344 g/mol. The molecule has 3 heterocycles. The number of hydrogen-bond acceptors (Lipinski definition) is 3. The second-order valence-electron chi connectivity index (χ2n) is 7.90. The third-order valence-electron chi connectivity index (χ3n) is 6.12. The third kappa shape index (κ3) is 3.58. The molecule has 4 rings (SSSR count). The predicted octanol–water partition coefficient (Wildman–Crippen LogP) is 1.83. The minimum absolute atomic E-state index is 0.0988. The van der Waals surface area contributed by atoms with E-state index in [0.717, 1.165) is 57.6 Å². The van der Waals surface area contributed by atoms with Gasteiger partial charge in [-0.1, -0.05) is 0 Å². The topological polar surface area (TPSA) is 58.4 Å². The number of rotatable bonds is 5. The highest BCUT2D eigenvalue weighted by Gasteiger charge is 2.43. The number of aryl methyl sites for hydroxylation is 2. The van der Waals surface area contributed by atoms with E-state index in [2.05, 4.69) is 9.55 Å². The summed E-state index contributed by atoms with van der Waals surface area (Å²) in [5, 5.41) is 0. The number of nitrogens with zero attached hydrogens (tertiary/aromatic N) is 4. The Morgan fingerprint density at radius 2 is 2.00 bits per heavy atom. The van der Waals surface area contributed by atoms with Crippen molar-refractivity contribution >= 4 is 11.8 Å². The zero-order chi connectivity index (χ0) is 17.4. The van der Waals surface area contributed by atoms with Crippen LogP contribution in [0, 0.1) is 18.8 Å². The summed E-state index contributed by atoms with van der Waals surface area (Å²) >= 11 is 0. The molecular weight excluding hydrogens is 316 g/mol. The van der Waals surface area contributed by atoms with Crippen LogP contribution >= 0.6 is 0 Å². The number of amides is 2. The van der Waals surface area contributed by atoms with Crippen molar-refractivity contribution in [2.24, 2.45) is 11.8 Å². The van der Waals surface area contributed by atoms with Gasteiger partial charge in [0.25, 0.3) is 0 Å². The Morgan fingerprint density at radius 1 is 1.24 bits per heavy atom. The molecule has 1 aliphatic carbocycles. The molecule has 6 nitrogen and oxygen atoms in total. The first-order valence-corrected chi connectivity index (χ1v) is 9.68. The Morgan fingerprint density at radius 3 is 2.64 bits per heavy atom. The fourth-order valence-electron chi connectivity index (χ4n) is 4.30. The van der Waals surface area contributed by atoms with Gasteiger partial charge in [-0.2, -0.15) is 0 Å². The van der Waals surface area contributed by atoms with Crippen LogP contribution in [0.25, 0.3) is 0 Å². The SMILES string of the molecule is Cc1nccn1CCC1CCN(C(=O)[C@@H]2CC(=O)N(C3CC3)C2)CC1. The highest BCUT2D eigenvalue weighted by molar-refractivity contribution is 5.89. The summed E-state index contributed by atoms with van der Waals surface area (Å²) in [7, 11) is 0. The van der Waals surface area contributed by atoms with Crippen LogP contribution in [-0.4, -0.2) is 56.8 Å². The first-order valence-electron chi connectivity index (χ1n) is 9.68. The lowest BCUT2D eigenvalue weighted by Gasteiger charge is -2.33. The second-order valence-corrected chi connectivity index (χ2v) is 7.90. The van der Waals surface area contributed by atoms with Gasteiger partial charge < -0.3 is 14.4 Å². The van der Waals surface area contributed by atoms with Crippen LogP contribution in [0.1, 0.15) is 44.3 Å². The molecule has 2 amide bonds. The van der Waals surface area contributed by atoms with E-state index in [1.165, 1.54) is 0 Å². The van der Waals surface area contributed by atoms with Crippen LogP contribution in [0.5, 0.6) is 0 Å². The maximum atomic E-state index is 12.8. The number of piperidine rings is 1. The summed E-state index contributed by atoms with van der Waals surface area (Å²) in [5.41, 5.74) is 0. The van der Waals surface area contributed by atoms with E-state index in [4.69, 9.17) is 0 Å². The first kappa shape index (κ1) is 16.6. The van der Waals surface area contributed by atoms with Crippen LogP contribution in [0.3, 0.4) is 0 Å². The molecule has 0 radical (unpaired) electrons. The first-order chi connectivity index (χ1) is 12.1. The molecule has 3 fully saturated rings. The van der Waals surface area contributed by atoms with E-state index in [9.17, 15) is 9.59 Å². The summed E-state index contributed by atoms with van der Waals surface area (Å²) in [6.45, 7) is 5.40. The summed E-state index contributed by atoms with van der Waals surface area (Å²) in [5.74, 6) is 2.04. The maximum Gasteiger partial charge on any atom is 0.227 e. The summed E-state index contributed by atoms with van der Waals surface area (Å²) in [6, 6.07) is 0.433. The van der Waals surface area contributed by atoms with Crippen molar-refractivity contribution in [1.82, 2.24) is 19.4 Å². The van der Waals surface area contributed by atoms with E-state index >= 15 is 0 Å². The van der Waals surface area contributed by atoms with Crippen molar-refractivity contribution in [2.75, 3.05) is 19.6 Å². The fraction of sp³-hybridized carbons (Fsp3) is 0.737. The molecule has 0 aromatic carbocycles. The van der Waals surface area contributed by atoms with Crippen molar-refractivity contribution in [3.63, 3.8) is 0 Å². The lowest BCUT2D eigenvalue weighted by atomic mass is 9.92. The van der Waals surface area contributed by atoms with Gasteiger partial charge >= 0.3 is 0 Å². The van der Waals surface area contributed by atoms with Gasteiger partial charge in [0.1, 0.15) is 5.82 Å². The molecule has 0 bridgehead atoms. The Hall–Kier alpha value is -1.85. The highest BCUT2D eigenvalue weighted by Crippen LogP contribution is 2.33. The van der Waals surface area contributed by atoms with Crippen molar-refractivity contribution < 1.29 is 9.59 Å². The minimum atomic E-state index is -0.0988. The quantitative estimate of drug-likeness (QED) is 0.819. The molecule has 6 heteroatoms. The Bertz CT molecular complexity index is 644. The van der Waals surface area contributed by atoms with E-state index in [1.54, 1.807) is 0 Å². The second kappa shape index (κ2) is 6.81. The average Bonchev–Trinajstić information content (AvgIpc) is 3.27. The van der Waals surface area contributed by atoms with Crippen molar-refractivity contribution in [1.29, 1.82) is 0 Å². The molecular formula is C19H28N4O2. The van der Waals surface area contributed by atoms with Gasteiger partial charge in [-0.05, 0) is 44.9 Å². The lowest BCUT2D eigenvalue weighted by Crippen LogP contribution is -2.42. The number of aromatic nitrogens is 2. The predicted molar refractivity (Wildman–Crippen MR) is 93.7 cm³/mol. The van der Waals surface area contributed by atoms with Crippen LogP contribution < -0.4 is 0 Å². The number of carbonyl (C=O) groups is 2. The summed E-state index contributed by atoms with van der Waals surface area (Å²) < 4.78 is 2.20. The Labute approximate surface area is 149 Å². The molecule has 1 aromatic rings. The smallest absolute Gasteiger partial charge is 0.227 e. The van der Waals surface area contributed by atoms with Crippen molar-refractivity contribution in [3.8, 4) is 0 Å². The van der Waals surface area contributed by atoms with E-state index in [0.29, 0.717) is 24.9 Å². The molecule has 0 unspecified atom stereocenters. The van der Waals surface area contributed by atoms with Gasteiger partial charge in [0.15, 0.2) is 0 Å². The fourth-order valence-corrected chi connectivity index (χ4v) is 4.30. The molecule has 25 heavy (non-hydrogen) atoms. The number of likely N-dealkylation sites (tertiary alicyclic amines) is 2. The van der Waals surface area contributed by atoms with Gasteiger partial charge in [0, 0.05) is 51.0 Å². The summed E-state index contributed by atoms with van der Waals surface area (Å²) in [6.07, 6.45) is 9.86. The molecule has 1 atom stereocenters. The standard InChI is InChI=1S/C19H28N4O2/c1-14-20-7-11-21(14)8-4-15-5-9-22(10-6-15)19(25)16-12-18(24)23(13-16)17-2-3-17/h7,11,15-17H,2-6,8-10,12-13H2,1H3/t16-/m1/s1. The third-order valence-corrected chi connectivity index (χ3v) is 6.12. The minimum Gasteiger partial charge on any atom is -0.342 e. The molecule has 0 N–H and O–H groups in total. The van der Waals surface area contributed by atoms with Crippen molar-refractivity contribution in [3.05, 3.63) is 18.2 Å². The zero-order valence-electron chi connectivity index (χ0n) is 15.1. The molecule has 1 saturated carbocycles. The largest absolute Gasteiger partial charge is 0.342 e. The summed E-state index contributed by atoms with van der Waals surface area (Å²) in [4.78, 5) is 33.1. The maximum absolute atomic E-state index is 12.8. The molecule has 136 valence electrons.